The molecule has 0 aliphatic rings. The zero-order chi connectivity index (χ0) is 20.0. The average molecular weight is 390 g/mol. The van der Waals surface area contributed by atoms with Gasteiger partial charge in [0.2, 0.25) is 0 Å². The number of rotatable bonds is 8. The molecule has 0 heterocycles. The van der Waals surface area contributed by atoms with Crippen molar-refractivity contribution < 1.29 is 13.2 Å². The smallest absolute Gasteiger partial charge is 0.261 e. The van der Waals surface area contributed by atoms with Gasteiger partial charge in [-0.3, -0.25) is 9.52 Å². The van der Waals surface area contributed by atoms with Crippen LogP contribution in [-0.2, 0) is 10.0 Å². The largest absolute Gasteiger partial charge is 0.352 e. The quantitative estimate of drug-likeness (QED) is 0.681. The lowest BCUT2D eigenvalue weighted by Gasteiger charge is -2.13. The summed E-state index contributed by atoms with van der Waals surface area (Å²) >= 11 is 0. The van der Waals surface area contributed by atoms with Crippen LogP contribution in [0.3, 0.4) is 0 Å². The molecular formula is C20H27N3O3S. The van der Waals surface area contributed by atoms with E-state index in [-0.39, 0.29) is 10.8 Å². The van der Waals surface area contributed by atoms with Crippen molar-refractivity contribution in [1.82, 2.24) is 10.2 Å². The molecule has 0 saturated carbocycles. The normalized spacial score (nSPS) is 11.4. The molecule has 6 nitrogen and oxygen atoms in total. The van der Waals surface area contributed by atoms with Gasteiger partial charge in [-0.2, -0.15) is 0 Å². The predicted octanol–water partition coefficient (Wildman–Crippen LogP) is 2.79. The minimum Gasteiger partial charge on any atom is -0.352 e. The summed E-state index contributed by atoms with van der Waals surface area (Å²) in [7, 11) is 0.166. The summed E-state index contributed by atoms with van der Waals surface area (Å²) in [6.45, 7) is 5.03. The van der Waals surface area contributed by atoms with Gasteiger partial charge >= 0.3 is 0 Å². The van der Waals surface area contributed by atoms with Crippen molar-refractivity contribution in [2.45, 2.75) is 25.2 Å². The van der Waals surface area contributed by atoms with E-state index in [1.807, 2.05) is 38.1 Å². The summed E-state index contributed by atoms with van der Waals surface area (Å²) in [5, 5.41) is 2.85. The van der Waals surface area contributed by atoms with Crippen LogP contribution in [0, 0.1) is 13.8 Å². The maximum Gasteiger partial charge on any atom is 0.261 e. The Hall–Kier alpha value is -2.38. The first-order valence-corrected chi connectivity index (χ1v) is 10.3. The van der Waals surface area contributed by atoms with Gasteiger partial charge in [0.15, 0.2) is 0 Å². The Morgan fingerprint density at radius 3 is 2.41 bits per heavy atom. The van der Waals surface area contributed by atoms with E-state index in [2.05, 4.69) is 10.0 Å². The Labute approximate surface area is 161 Å². The van der Waals surface area contributed by atoms with Gasteiger partial charge in [0.05, 0.1) is 10.6 Å². The van der Waals surface area contributed by atoms with Crippen molar-refractivity contribution in [3.05, 3.63) is 59.2 Å². The number of carbonyl (C=O) groups excluding carboxylic acids is 1. The zero-order valence-corrected chi connectivity index (χ0v) is 17.1. The average Bonchev–Trinajstić information content (AvgIpc) is 2.60. The third kappa shape index (κ3) is 5.80. The first-order valence-electron chi connectivity index (χ1n) is 8.83. The maximum atomic E-state index is 12.7. The van der Waals surface area contributed by atoms with E-state index in [0.29, 0.717) is 17.8 Å². The van der Waals surface area contributed by atoms with Crippen molar-refractivity contribution in [1.29, 1.82) is 0 Å². The molecule has 2 aromatic carbocycles. The van der Waals surface area contributed by atoms with E-state index in [1.165, 1.54) is 12.1 Å². The maximum absolute atomic E-state index is 12.7. The van der Waals surface area contributed by atoms with Gasteiger partial charge in [-0.15, -0.1) is 0 Å². The molecule has 0 radical (unpaired) electrons. The number of sulfonamides is 1. The number of aryl methyl sites for hydroxylation is 2. The van der Waals surface area contributed by atoms with Crippen molar-refractivity contribution in [3.63, 3.8) is 0 Å². The van der Waals surface area contributed by atoms with Crippen molar-refractivity contribution in [2.24, 2.45) is 0 Å². The first-order chi connectivity index (χ1) is 12.7. The lowest BCUT2D eigenvalue weighted by Crippen LogP contribution is -2.28. The molecule has 0 aliphatic carbocycles. The Balaban J connectivity index is 2.18. The number of hydrogen-bond donors (Lipinski definition) is 2. The lowest BCUT2D eigenvalue weighted by atomic mass is 10.1. The van der Waals surface area contributed by atoms with Crippen LogP contribution in [0.5, 0.6) is 0 Å². The van der Waals surface area contributed by atoms with Crippen LogP contribution >= 0.6 is 0 Å². The fourth-order valence-corrected chi connectivity index (χ4v) is 3.75. The van der Waals surface area contributed by atoms with Crippen LogP contribution in [-0.4, -0.2) is 46.4 Å². The minimum absolute atomic E-state index is 0.0646. The third-order valence-corrected chi connectivity index (χ3v) is 5.58. The second-order valence-electron chi connectivity index (χ2n) is 6.81. The predicted molar refractivity (Wildman–Crippen MR) is 109 cm³/mol. The van der Waals surface area contributed by atoms with Crippen molar-refractivity contribution in [3.8, 4) is 0 Å². The molecule has 2 N–H and O–H groups in total. The summed E-state index contributed by atoms with van der Waals surface area (Å²) in [6, 6.07) is 11.8. The number of hydrogen-bond acceptors (Lipinski definition) is 4. The Bertz CT molecular complexity index is 908. The van der Waals surface area contributed by atoms with E-state index in [0.717, 1.165) is 24.1 Å². The van der Waals surface area contributed by atoms with Crippen LogP contribution < -0.4 is 10.0 Å². The number of anilines is 1. The topological polar surface area (TPSA) is 78.5 Å². The standard InChI is InChI=1S/C20H27N3O3S/c1-15-10-11-17(14-18(15)20(24)21-12-7-13-23(3)4)27(25,26)22-19-9-6-5-8-16(19)2/h5-6,8-11,14,22H,7,12-13H2,1-4H3,(H,21,24). The Morgan fingerprint density at radius 2 is 1.74 bits per heavy atom. The number of carbonyl (C=O) groups is 1. The number of nitrogens with one attached hydrogen (secondary N) is 2. The molecule has 27 heavy (non-hydrogen) atoms. The summed E-state index contributed by atoms with van der Waals surface area (Å²) in [5.74, 6) is -0.265. The van der Waals surface area contributed by atoms with Gasteiger partial charge in [-0.05, 0) is 70.2 Å². The summed E-state index contributed by atoms with van der Waals surface area (Å²) in [6.07, 6.45) is 0.824. The van der Waals surface area contributed by atoms with E-state index in [4.69, 9.17) is 0 Å². The zero-order valence-electron chi connectivity index (χ0n) is 16.2. The Kier molecular flexibility index (Phi) is 6.98. The van der Waals surface area contributed by atoms with E-state index in [9.17, 15) is 13.2 Å². The van der Waals surface area contributed by atoms with E-state index < -0.39 is 10.0 Å². The molecule has 2 aromatic rings. The minimum atomic E-state index is -3.78. The number of benzene rings is 2. The molecule has 0 atom stereocenters. The second-order valence-corrected chi connectivity index (χ2v) is 8.49. The number of para-hydroxylation sites is 1. The van der Waals surface area contributed by atoms with E-state index in [1.54, 1.807) is 25.1 Å². The lowest BCUT2D eigenvalue weighted by molar-refractivity contribution is 0.0951. The molecule has 0 fully saturated rings. The number of amides is 1. The SMILES string of the molecule is Cc1ccccc1NS(=O)(=O)c1ccc(C)c(C(=O)NCCCN(C)C)c1. The highest BCUT2D eigenvalue weighted by molar-refractivity contribution is 7.92. The molecule has 0 unspecified atom stereocenters. The molecule has 0 saturated heterocycles. The summed E-state index contributed by atoms with van der Waals surface area (Å²) in [4.78, 5) is 14.6. The van der Waals surface area contributed by atoms with Gasteiger partial charge in [-0.1, -0.05) is 24.3 Å². The van der Waals surface area contributed by atoms with Gasteiger partial charge < -0.3 is 10.2 Å². The molecule has 0 aliphatic heterocycles. The summed E-state index contributed by atoms with van der Waals surface area (Å²) < 4.78 is 28.0. The number of nitrogens with zero attached hydrogens (tertiary/aromatic N) is 1. The van der Waals surface area contributed by atoms with Crippen LogP contribution in [0.1, 0.15) is 27.9 Å². The van der Waals surface area contributed by atoms with Crippen molar-refractivity contribution >= 4 is 21.6 Å². The highest BCUT2D eigenvalue weighted by Crippen LogP contribution is 2.21. The van der Waals surface area contributed by atoms with Gasteiger partial charge in [0.1, 0.15) is 0 Å². The third-order valence-electron chi connectivity index (χ3n) is 4.22. The van der Waals surface area contributed by atoms with Gasteiger partial charge in [0.25, 0.3) is 15.9 Å². The first kappa shape index (κ1) is 20.9. The molecule has 0 spiro atoms. The summed E-state index contributed by atoms with van der Waals surface area (Å²) in [5.41, 5.74) is 2.45. The van der Waals surface area contributed by atoms with Crippen LogP contribution in [0.2, 0.25) is 0 Å². The van der Waals surface area contributed by atoms with Crippen LogP contribution in [0.25, 0.3) is 0 Å². The molecule has 0 bridgehead atoms. The fourth-order valence-electron chi connectivity index (χ4n) is 2.60. The van der Waals surface area contributed by atoms with Crippen LogP contribution in [0.15, 0.2) is 47.4 Å². The second kappa shape index (κ2) is 9.01. The molecule has 146 valence electrons. The molecule has 2 rings (SSSR count). The molecular weight excluding hydrogens is 362 g/mol. The Morgan fingerprint density at radius 1 is 1.04 bits per heavy atom. The monoisotopic (exact) mass is 389 g/mol. The van der Waals surface area contributed by atoms with Gasteiger partial charge in [0, 0.05) is 12.1 Å². The molecule has 1 amide bonds. The van der Waals surface area contributed by atoms with Gasteiger partial charge in [-0.25, -0.2) is 8.42 Å². The van der Waals surface area contributed by atoms with Crippen LogP contribution in [0.4, 0.5) is 5.69 Å². The fraction of sp³-hybridized carbons (Fsp3) is 0.350. The molecule has 7 heteroatoms. The highest BCUT2D eigenvalue weighted by Gasteiger charge is 2.18. The molecule has 0 aromatic heterocycles. The highest BCUT2D eigenvalue weighted by atomic mass is 32.2. The van der Waals surface area contributed by atoms with Crippen molar-refractivity contribution in [2.75, 3.05) is 31.9 Å². The van der Waals surface area contributed by atoms with E-state index >= 15 is 0 Å².